The van der Waals surface area contributed by atoms with Crippen LogP contribution in [0.5, 0.6) is 11.5 Å². The molecule has 59 heavy (non-hydrogen) atoms. The van der Waals surface area contributed by atoms with Crippen molar-refractivity contribution in [3.05, 3.63) is 82.9 Å². The molecule has 0 radical (unpaired) electrons. The Kier molecular flexibility index (Phi) is 9.47. The lowest BCUT2D eigenvalue weighted by Crippen LogP contribution is -2.52. The Morgan fingerprint density at radius 3 is 2.42 bits per heavy atom. The van der Waals surface area contributed by atoms with Crippen LogP contribution in [0.4, 0.5) is 26.0 Å². The van der Waals surface area contributed by atoms with Crippen LogP contribution in [0.2, 0.25) is 0 Å². The third-order valence-corrected chi connectivity index (χ3v) is 12.2. The van der Waals surface area contributed by atoms with Gasteiger partial charge in [-0.15, -0.1) is 0 Å². The van der Waals surface area contributed by atoms with Gasteiger partial charge in [-0.25, -0.2) is 13.8 Å². The van der Waals surface area contributed by atoms with Crippen LogP contribution in [-0.4, -0.2) is 99.5 Å². The first kappa shape index (κ1) is 38.0. The lowest BCUT2D eigenvalue weighted by Gasteiger charge is -2.35. The number of hydrogen-bond donors (Lipinski definition) is 1. The SMILES string of the molecule is COc1cn2ccnc2cc1-c1c(F)cc(N(C)c2nn(C3CCN(c4cc(F)c5c(c4)CN(C4CCC(=O)NC4=O)C5=O)CC3)c3c2CN(C(C)=O)CC3)cc1OC.[HH]. The summed E-state index contributed by atoms with van der Waals surface area (Å²) in [6, 6.07) is 7.33. The summed E-state index contributed by atoms with van der Waals surface area (Å²) < 4.78 is 47.3. The highest BCUT2D eigenvalue weighted by atomic mass is 19.1. The lowest BCUT2D eigenvalue weighted by atomic mass is 10.0. The van der Waals surface area contributed by atoms with Crippen molar-refractivity contribution < 1.29 is 38.9 Å². The first-order chi connectivity index (χ1) is 28.4. The van der Waals surface area contributed by atoms with Gasteiger partial charge in [0.2, 0.25) is 17.7 Å². The fourth-order valence-electron chi connectivity index (χ4n) is 9.07. The van der Waals surface area contributed by atoms with Crippen LogP contribution in [0.15, 0.2) is 48.9 Å². The summed E-state index contributed by atoms with van der Waals surface area (Å²) in [4.78, 5) is 61.5. The van der Waals surface area contributed by atoms with Crippen molar-refractivity contribution in [1.29, 1.82) is 0 Å². The van der Waals surface area contributed by atoms with Crippen molar-refractivity contribution in [2.75, 3.05) is 50.7 Å². The average Bonchev–Trinajstić information content (AvgIpc) is 3.94. The van der Waals surface area contributed by atoms with Crippen LogP contribution >= 0.6 is 0 Å². The van der Waals surface area contributed by atoms with Crippen molar-refractivity contribution in [3.63, 3.8) is 0 Å². The molecule has 0 saturated carbocycles. The summed E-state index contributed by atoms with van der Waals surface area (Å²) in [5.41, 5.74) is 4.88. The molecule has 3 aromatic heterocycles. The van der Waals surface area contributed by atoms with Gasteiger partial charge in [-0.2, -0.15) is 5.10 Å². The molecule has 0 bridgehead atoms. The number of nitrogens with one attached hydrogen (secondary N) is 1. The Balaban J connectivity index is 0.00000499. The van der Waals surface area contributed by atoms with Crippen LogP contribution in [0, 0.1) is 11.6 Å². The molecule has 2 fully saturated rings. The number of anilines is 3. The predicted molar refractivity (Wildman–Crippen MR) is 214 cm³/mol. The van der Waals surface area contributed by atoms with Crippen LogP contribution in [0.3, 0.4) is 0 Å². The standard InChI is InChI=1S/C42H43F2N9O6.H2/c1-23(54)50-13-9-32-29(21-50)40(48(2)26-16-31(44)39(34(18-26)58-3)28-19-36-45-10-14-51(36)22-35(28)59-4)47-53(32)25-7-11-49(12-8-25)27-15-24-20-52(42(57)38(24)30(43)17-27)33-5-6-37(55)46-41(33)56;/h10,14-19,22,25,33H,5-9,11-13,20-21H2,1-4H3,(H,46,55,56);1H. The summed E-state index contributed by atoms with van der Waals surface area (Å²) in [7, 11) is 4.84. The zero-order chi connectivity index (χ0) is 41.3. The Morgan fingerprint density at radius 1 is 0.932 bits per heavy atom. The van der Waals surface area contributed by atoms with Gasteiger partial charge in [-0.05, 0) is 49.1 Å². The zero-order valence-corrected chi connectivity index (χ0v) is 33.1. The number of fused-ring (bicyclic) bond motifs is 3. The number of carbonyl (C=O) groups is 4. The lowest BCUT2D eigenvalue weighted by molar-refractivity contribution is -0.137. The molecule has 7 heterocycles. The average molecular weight is 810 g/mol. The van der Waals surface area contributed by atoms with Gasteiger partial charge in [0.05, 0.1) is 44.1 Å². The Bertz CT molecular complexity index is 2570. The van der Waals surface area contributed by atoms with E-state index in [4.69, 9.17) is 14.6 Å². The number of piperidine rings is 2. The molecule has 5 aromatic rings. The number of amides is 4. The van der Waals surface area contributed by atoms with Crippen molar-refractivity contribution in [3.8, 4) is 22.6 Å². The number of rotatable bonds is 8. The Hall–Kier alpha value is -6.52. The van der Waals surface area contributed by atoms with Crippen molar-refractivity contribution >= 4 is 46.5 Å². The molecule has 4 aliphatic rings. The van der Waals surface area contributed by atoms with E-state index in [1.165, 1.54) is 31.3 Å². The van der Waals surface area contributed by atoms with E-state index in [-0.39, 0.29) is 49.8 Å². The van der Waals surface area contributed by atoms with Gasteiger partial charge >= 0.3 is 0 Å². The van der Waals surface area contributed by atoms with E-state index < -0.39 is 29.5 Å². The number of halogens is 2. The molecule has 17 heteroatoms. The topological polar surface area (TPSA) is 147 Å². The maximum absolute atomic E-state index is 16.4. The first-order valence-corrected chi connectivity index (χ1v) is 19.6. The number of nitrogens with zero attached hydrogens (tertiary/aromatic N) is 8. The predicted octanol–water partition coefficient (Wildman–Crippen LogP) is 5.01. The molecule has 4 aliphatic heterocycles. The van der Waals surface area contributed by atoms with Gasteiger partial charge < -0.3 is 33.5 Å². The number of carbonyl (C=O) groups excluding carboxylic acids is 4. The molecule has 1 atom stereocenters. The molecule has 4 amide bonds. The molecule has 1 unspecified atom stereocenters. The maximum Gasteiger partial charge on any atom is 0.258 e. The minimum atomic E-state index is -0.828. The molecule has 15 nitrogen and oxygen atoms in total. The number of pyridine rings is 1. The van der Waals surface area contributed by atoms with Crippen molar-refractivity contribution in [1.82, 2.24) is 34.3 Å². The van der Waals surface area contributed by atoms with Crippen LogP contribution in [0.25, 0.3) is 16.8 Å². The third-order valence-electron chi connectivity index (χ3n) is 12.2. The maximum atomic E-state index is 16.4. The molecule has 1 N–H and O–H groups in total. The van der Waals surface area contributed by atoms with Crippen LogP contribution < -0.4 is 24.6 Å². The van der Waals surface area contributed by atoms with E-state index >= 15 is 8.78 Å². The second-order valence-corrected chi connectivity index (χ2v) is 15.5. The van der Waals surface area contributed by atoms with E-state index in [1.54, 1.807) is 46.9 Å². The van der Waals surface area contributed by atoms with Crippen LogP contribution in [0.1, 0.15) is 67.3 Å². The van der Waals surface area contributed by atoms with Crippen LogP contribution in [-0.2, 0) is 33.9 Å². The second-order valence-electron chi connectivity index (χ2n) is 15.5. The minimum Gasteiger partial charge on any atom is -0.496 e. The quantitative estimate of drug-likeness (QED) is 0.212. The minimum absolute atomic E-state index is 0. The van der Waals surface area contributed by atoms with E-state index in [0.717, 1.165) is 11.3 Å². The summed E-state index contributed by atoms with van der Waals surface area (Å²) in [5.74, 6) is -1.33. The number of methoxy groups -OCH3 is 2. The molecule has 9 rings (SSSR count). The number of ether oxygens (including phenoxy) is 2. The summed E-state index contributed by atoms with van der Waals surface area (Å²) in [5, 5.41) is 7.46. The van der Waals surface area contributed by atoms with E-state index in [9.17, 15) is 19.2 Å². The molecule has 2 aromatic carbocycles. The number of hydrogen-bond acceptors (Lipinski definition) is 10. The van der Waals surface area contributed by atoms with Gasteiger partial charge in [0, 0.05) is 101 Å². The second kappa shape index (κ2) is 14.7. The highest BCUT2D eigenvalue weighted by molar-refractivity contribution is 6.05. The largest absolute Gasteiger partial charge is 0.496 e. The van der Waals surface area contributed by atoms with Crippen molar-refractivity contribution in [2.24, 2.45) is 0 Å². The molecule has 0 aliphatic carbocycles. The summed E-state index contributed by atoms with van der Waals surface area (Å²) in [6.07, 6.45) is 7.47. The van der Waals surface area contributed by atoms with Gasteiger partial charge in [-0.3, -0.25) is 29.2 Å². The number of imide groups is 1. The molecular formula is C42H45F2N9O6. The number of benzene rings is 2. The summed E-state index contributed by atoms with van der Waals surface area (Å²) >= 11 is 0. The Labute approximate surface area is 339 Å². The molecule has 2 saturated heterocycles. The molecule has 308 valence electrons. The monoisotopic (exact) mass is 809 g/mol. The third kappa shape index (κ3) is 6.48. The van der Waals surface area contributed by atoms with Gasteiger partial charge in [0.25, 0.3) is 5.91 Å². The zero-order valence-electron chi connectivity index (χ0n) is 33.1. The molecule has 0 spiro atoms. The van der Waals surface area contributed by atoms with Gasteiger partial charge in [0.15, 0.2) is 5.82 Å². The van der Waals surface area contributed by atoms with Crippen molar-refractivity contribution in [2.45, 2.75) is 64.2 Å². The normalized spacial score (nSPS) is 18.3. The Morgan fingerprint density at radius 2 is 1.69 bits per heavy atom. The highest BCUT2D eigenvalue weighted by Gasteiger charge is 2.41. The van der Waals surface area contributed by atoms with Gasteiger partial charge in [-0.1, -0.05) is 0 Å². The van der Waals surface area contributed by atoms with E-state index in [2.05, 4.69) is 19.9 Å². The number of aromatic nitrogens is 4. The smallest absolute Gasteiger partial charge is 0.258 e. The highest BCUT2D eigenvalue weighted by Crippen LogP contribution is 2.44. The van der Waals surface area contributed by atoms with Gasteiger partial charge in [0.1, 0.15) is 34.8 Å². The summed E-state index contributed by atoms with van der Waals surface area (Å²) in [6.45, 7) is 3.70. The first-order valence-electron chi connectivity index (χ1n) is 19.6. The van der Waals surface area contributed by atoms with E-state index in [1.807, 2.05) is 18.0 Å². The molecular weight excluding hydrogens is 765 g/mol. The fourth-order valence-corrected chi connectivity index (χ4v) is 9.07. The van der Waals surface area contributed by atoms with E-state index in [0.29, 0.717) is 90.9 Å². The fraction of sp³-hybridized carbons (Fsp3) is 0.381. The number of imidazole rings is 1.